The maximum atomic E-state index is 13.1. The molecule has 4 atom stereocenters. The third kappa shape index (κ3) is 6.30. The monoisotopic (exact) mass is 675 g/mol. The zero-order chi connectivity index (χ0) is 32.1. The number of nitrogens with zero attached hydrogens (tertiary/aromatic N) is 5. The molecule has 4 fully saturated rings. The molecule has 12 nitrogen and oxygen atoms in total. The molecule has 4 aliphatic rings. The van der Waals surface area contributed by atoms with E-state index in [4.69, 9.17) is 44.7 Å². The van der Waals surface area contributed by atoms with Crippen molar-refractivity contribution in [2.75, 3.05) is 37.8 Å². The Morgan fingerprint density at radius 3 is 2.52 bits per heavy atom. The fourth-order valence-corrected chi connectivity index (χ4v) is 9.34. The molecule has 3 aromatic rings. The summed E-state index contributed by atoms with van der Waals surface area (Å²) in [7, 11) is -3.26. The molecule has 0 N–H and O–H groups in total. The first-order chi connectivity index (χ1) is 22.1. The summed E-state index contributed by atoms with van der Waals surface area (Å²) in [5.41, 5.74) is 1.78. The highest BCUT2D eigenvalue weighted by Gasteiger charge is 2.57. The molecule has 3 aliphatic heterocycles. The van der Waals surface area contributed by atoms with E-state index < -0.39 is 37.9 Å². The van der Waals surface area contributed by atoms with E-state index in [0.29, 0.717) is 30.0 Å². The highest BCUT2D eigenvalue weighted by Crippen LogP contribution is 2.52. The number of anilines is 1. The van der Waals surface area contributed by atoms with Crippen molar-refractivity contribution in [3.05, 3.63) is 41.3 Å². The van der Waals surface area contributed by atoms with Crippen LogP contribution in [0.2, 0.25) is 5.28 Å². The molecule has 0 amide bonds. The number of aromatic nitrogens is 4. The Bertz CT molecular complexity index is 1600. The van der Waals surface area contributed by atoms with Crippen molar-refractivity contribution in [1.29, 1.82) is 0 Å². The predicted molar refractivity (Wildman–Crippen MR) is 172 cm³/mol. The SMILES string of the molecule is CCOP(=O)(Cc1cccc(OC[C@H]2O[C@@H](n3ncc4c(N5CC6(CCCCC6)C5)nc(Cl)nc43)[C@@H]3OC(C)(C)O[C@@H]32)c1)OCC. The zero-order valence-corrected chi connectivity index (χ0v) is 28.5. The zero-order valence-electron chi connectivity index (χ0n) is 26.9. The predicted octanol–water partition coefficient (Wildman–Crippen LogP) is 6.51. The van der Waals surface area contributed by atoms with Gasteiger partial charge in [-0.25, -0.2) is 4.68 Å². The lowest BCUT2D eigenvalue weighted by atomic mass is 9.68. The first-order valence-electron chi connectivity index (χ1n) is 16.4. The average Bonchev–Trinajstić information content (AvgIpc) is 3.65. The van der Waals surface area contributed by atoms with Crippen molar-refractivity contribution in [3.8, 4) is 5.75 Å². The molecule has 7 rings (SSSR count). The van der Waals surface area contributed by atoms with Crippen LogP contribution in [0.4, 0.5) is 5.82 Å². The second kappa shape index (κ2) is 12.6. The molecule has 5 heterocycles. The summed E-state index contributed by atoms with van der Waals surface area (Å²) in [6.07, 6.45) is 6.48. The molecule has 0 unspecified atom stereocenters. The van der Waals surface area contributed by atoms with Crippen molar-refractivity contribution in [1.82, 2.24) is 19.7 Å². The second-order valence-electron chi connectivity index (χ2n) is 13.3. The molecule has 1 aliphatic carbocycles. The maximum absolute atomic E-state index is 13.1. The molecule has 1 aromatic carbocycles. The van der Waals surface area contributed by atoms with Crippen LogP contribution in [0.15, 0.2) is 30.5 Å². The van der Waals surface area contributed by atoms with Crippen LogP contribution in [0.1, 0.15) is 71.6 Å². The Labute approximate surface area is 274 Å². The van der Waals surface area contributed by atoms with E-state index in [1.54, 1.807) is 24.7 Å². The van der Waals surface area contributed by atoms with Crippen molar-refractivity contribution in [2.24, 2.45) is 5.41 Å². The van der Waals surface area contributed by atoms with Gasteiger partial charge < -0.3 is 32.9 Å². The Morgan fingerprint density at radius 1 is 1.04 bits per heavy atom. The summed E-state index contributed by atoms with van der Waals surface area (Å²) < 4.78 is 51.3. The van der Waals surface area contributed by atoms with Crippen LogP contribution >= 0.6 is 19.2 Å². The molecule has 2 aromatic heterocycles. The molecule has 250 valence electrons. The molecule has 14 heteroatoms. The highest BCUT2D eigenvalue weighted by molar-refractivity contribution is 7.53. The van der Waals surface area contributed by atoms with Gasteiger partial charge in [0.1, 0.15) is 36.5 Å². The van der Waals surface area contributed by atoms with Gasteiger partial charge in [-0.2, -0.15) is 15.1 Å². The third-order valence-corrected chi connectivity index (χ3v) is 11.6. The molecule has 0 bridgehead atoms. The van der Waals surface area contributed by atoms with Crippen LogP contribution in [0.5, 0.6) is 5.75 Å². The minimum atomic E-state index is -3.26. The Hall–Kier alpha value is -2.31. The van der Waals surface area contributed by atoms with Gasteiger partial charge in [-0.15, -0.1) is 0 Å². The van der Waals surface area contributed by atoms with E-state index in [1.807, 2.05) is 38.1 Å². The van der Waals surface area contributed by atoms with Crippen molar-refractivity contribution in [2.45, 2.75) is 96.3 Å². The number of halogens is 1. The van der Waals surface area contributed by atoms with Gasteiger partial charge in [0, 0.05) is 18.5 Å². The lowest BCUT2D eigenvalue weighted by Gasteiger charge is -2.53. The topological polar surface area (TPSA) is 119 Å². The number of hydrogen-bond donors (Lipinski definition) is 0. The fraction of sp³-hybridized carbons (Fsp3) is 0.656. The fourth-order valence-electron chi connectivity index (χ4n) is 7.49. The first kappa shape index (κ1) is 32.2. The Morgan fingerprint density at radius 2 is 1.78 bits per heavy atom. The van der Waals surface area contributed by atoms with Crippen LogP contribution in [0, 0.1) is 5.41 Å². The normalized spacial score (nSPS) is 26.8. The van der Waals surface area contributed by atoms with E-state index in [1.165, 1.54) is 32.1 Å². The number of rotatable bonds is 11. The number of hydrogen-bond acceptors (Lipinski definition) is 11. The van der Waals surface area contributed by atoms with Gasteiger partial charge in [-0.3, -0.25) is 4.57 Å². The second-order valence-corrected chi connectivity index (χ2v) is 15.6. The van der Waals surface area contributed by atoms with Crippen LogP contribution < -0.4 is 9.64 Å². The number of fused-ring (bicyclic) bond motifs is 2. The summed E-state index contributed by atoms with van der Waals surface area (Å²) >= 11 is 6.51. The van der Waals surface area contributed by atoms with Crippen molar-refractivity contribution >= 4 is 36.0 Å². The molecular weight excluding hydrogens is 633 g/mol. The quantitative estimate of drug-likeness (QED) is 0.163. The van der Waals surface area contributed by atoms with Crippen molar-refractivity contribution < 1.29 is 32.6 Å². The average molecular weight is 676 g/mol. The summed E-state index contributed by atoms with van der Waals surface area (Å²) in [6, 6.07) is 7.44. The van der Waals surface area contributed by atoms with Gasteiger partial charge in [0.05, 0.1) is 31.0 Å². The standard InChI is InChI=1S/C32H43ClN5O7P/c1-5-41-46(39,42-6-2)18-21-11-10-12-22(15-21)40-17-24-25-26(45-31(3,4)44-25)29(43-24)38-28-23(16-34-38)27(35-30(33)36-28)37-19-32(20-37)13-8-7-9-14-32/h10-12,15-16,24-26,29H,5-9,13-14,17-20H2,1-4H3/t24-,25-,26-,29-/m1/s1. The summed E-state index contributed by atoms with van der Waals surface area (Å²) in [4.78, 5) is 11.5. The Kier molecular flexibility index (Phi) is 8.84. The van der Waals surface area contributed by atoms with Crippen LogP contribution in [-0.4, -0.2) is 76.8 Å². The number of benzene rings is 1. The van der Waals surface area contributed by atoms with Crippen LogP contribution in [0.3, 0.4) is 0 Å². The molecular formula is C32H43ClN5O7P. The smallest absolute Gasteiger partial charge is 0.335 e. The molecule has 0 radical (unpaired) electrons. The van der Waals surface area contributed by atoms with Crippen molar-refractivity contribution in [3.63, 3.8) is 0 Å². The van der Waals surface area contributed by atoms with Crippen LogP contribution in [-0.2, 0) is 34.0 Å². The molecule has 1 saturated carbocycles. The molecule has 1 spiro atoms. The van der Waals surface area contributed by atoms with E-state index in [2.05, 4.69) is 14.9 Å². The van der Waals surface area contributed by atoms with Gasteiger partial charge in [0.25, 0.3) is 0 Å². The minimum Gasteiger partial charge on any atom is -0.491 e. The lowest BCUT2D eigenvalue weighted by molar-refractivity contribution is -0.200. The summed E-state index contributed by atoms with van der Waals surface area (Å²) in [6.45, 7) is 10.1. The minimum absolute atomic E-state index is 0.154. The van der Waals surface area contributed by atoms with E-state index in [9.17, 15) is 4.57 Å². The molecule has 46 heavy (non-hydrogen) atoms. The van der Waals surface area contributed by atoms with Gasteiger partial charge in [-0.05, 0) is 69.8 Å². The maximum Gasteiger partial charge on any atom is 0.335 e. The number of ether oxygens (including phenoxy) is 4. The van der Waals surface area contributed by atoms with Crippen LogP contribution in [0.25, 0.3) is 11.0 Å². The highest BCUT2D eigenvalue weighted by atomic mass is 35.5. The lowest BCUT2D eigenvalue weighted by Crippen LogP contribution is -2.57. The van der Waals surface area contributed by atoms with Gasteiger partial charge >= 0.3 is 7.60 Å². The summed E-state index contributed by atoms with van der Waals surface area (Å²) in [5.74, 6) is 0.605. The van der Waals surface area contributed by atoms with E-state index >= 15 is 0 Å². The summed E-state index contributed by atoms with van der Waals surface area (Å²) in [5, 5.41) is 5.74. The third-order valence-electron chi connectivity index (χ3n) is 9.38. The first-order valence-corrected chi connectivity index (χ1v) is 18.5. The largest absolute Gasteiger partial charge is 0.491 e. The van der Waals surface area contributed by atoms with E-state index in [0.717, 1.165) is 29.9 Å². The molecule has 3 saturated heterocycles. The Balaban J connectivity index is 1.09. The van der Waals surface area contributed by atoms with Gasteiger partial charge in [-0.1, -0.05) is 31.4 Å². The van der Waals surface area contributed by atoms with Gasteiger partial charge in [0.15, 0.2) is 17.7 Å². The van der Waals surface area contributed by atoms with Gasteiger partial charge in [0.2, 0.25) is 5.28 Å². The van der Waals surface area contributed by atoms with E-state index in [-0.39, 0.29) is 18.1 Å².